The molecule has 0 aliphatic heterocycles. The van der Waals surface area contributed by atoms with Crippen molar-refractivity contribution in [2.45, 2.75) is 13.3 Å². The van der Waals surface area contributed by atoms with Gasteiger partial charge >= 0.3 is 0 Å². The fraction of sp³-hybridized carbons (Fsp3) is 0.235. The molecule has 0 aliphatic rings. The van der Waals surface area contributed by atoms with E-state index in [1.807, 2.05) is 44.3 Å². The number of nitrogens with one attached hydrogen (secondary N) is 2. The molecule has 3 heteroatoms. The van der Waals surface area contributed by atoms with Crippen molar-refractivity contribution >= 4 is 12.1 Å². The van der Waals surface area contributed by atoms with Crippen molar-refractivity contribution in [1.82, 2.24) is 5.32 Å². The molecule has 0 atom stereocenters. The Labute approximate surface area is 121 Å². The van der Waals surface area contributed by atoms with E-state index in [-0.39, 0.29) is 0 Å². The summed E-state index contributed by atoms with van der Waals surface area (Å²) in [6, 6.07) is 18.1. The Morgan fingerprint density at radius 2 is 1.80 bits per heavy atom. The molecule has 0 heterocycles. The van der Waals surface area contributed by atoms with E-state index < -0.39 is 0 Å². The Hall–Kier alpha value is -2.13. The number of hydrogen-bond donors (Lipinski definition) is 2. The van der Waals surface area contributed by atoms with Gasteiger partial charge in [-0.05, 0) is 50.2 Å². The molecule has 0 saturated heterocycles. The molecule has 0 saturated carbocycles. The van der Waals surface area contributed by atoms with Gasteiger partial charge in [0.2, 0.25) is 6.41 Å². The number of amides is 1. The molecule has 0 bridgehead atoms. The van der Waals surface area contributed by atoms with Crippen LogP contribution in [0.15, 0.2) is 54.6 Å². The van der Waals surface area contributed by atoms with E-state index in [0.29, 0.717) is 6.41 Å². The van der Waals surface area contributed by atoms with Crippen LogP contribution in [0.3, 0.4) is 0 Å². The van der Waals surface area contributed by atoms with Gasteiger partial charge in [-0.15, -0.1) is 0 Å². The molecule has 0 fully saturated rings. The maximum absolute atomic E-state index is 9.97. The average Bonchev–Trinajstić information content (AvgIpc) is 2.47. The number of likely N-dealkylation sites (N-methyl/N-ethyl adjacent to an activating group) is 1. The van der Waals surface area contributed by atoms with Gasteiger partial charge in [-0.1, -0.05) is 42.5 Å². The van der Waals surface area contributed by atoms with Crippen molar-refractivity contribution in [1.29, 1.82) is 0 Å². The quantitative estimate of drug-likeness (QED) is 0.820. The molecule has 2 aromatic rings. The Bertz CT molecular complexity index is 497. The van der Waals surface area contributed by atoms with Crippen LogP contribution in [0.2, 0.25) is 0 Å². The lowest BCUT2D eigenvalue weighted by molar-refractivity contribution is -0.105. The Balaban J connectivity index is 0.000000200. The van der Waals surface area contributed by atoms with Crippen molar-refractivity contribution < 1.29 is 4.79 Å². The van der Waals surface area contributed by atoms with E-state index in [1.54, 1.807) is 0 Å². The Kier molecular flexibility index (Phi) is 7.77. The zero-order valence-electron chi connectivity index (χ0n) is 12.1. The summed E-state index contributed by atoms with van der Waals surface area (Å²) in [5.41, 5.74) is 3.39. The van der Waals surface area contributed by atoms with Gasteiger partial charge in [0.1, 0.15) is 0 Å². The van der Waals surface area contributed by atoms with Crippen molar-refractivity contribution in [3.8, 4) is 0 Å². The van der Waals surface area contributed by atoms with E-state index in [2.05, 4.69) is 34.9 Å². The second-order valence-corrected chi connectivity index (χ2v) is 4.47. The predicted molar refractivity (Wildman–Crippen MR) is 84.9 cm³/mol. The first-order valence-corrected chi connectivity index (χ1v) is 6.71. The first kappa shape index (κ1) is 15.9. The molecule has 20 heavy (non-hydrogen) atoms. The van der Waals surface area contributed by atoms with Crippen LogP contribution in [-0.2, 0) is 11.2 Å². The van der Waals surface area contributed by atoms with Gasteiger partial charge in [-0.25, -0.2) is 0 Å². The van der Waals surface area contributed by atoms with Crippen LogP contribution < -0.4 is 10.6 Å². The number of hydrogen-bond acceptors (Lipinski definition) is 2. The number of rotatable bonds is 5. The van der Waals surface area contributed by atoms with Gasteiger partial charge in [-0.3, -0.25) is 4.79 Å². The zero-order valence-corrected chi connectivity index (χ0v) is 12.1. The van der Waals surface area contributed by atoms with Gasteiger partial charge in [0.15, 0.2) is 0 Å². The minimum Gasteiger partial charge on any atom is -0.329 e. The van der Waals surface area contributed by atoms with Gasteiger partial charge in [-0.2, -0.15) is 0 Å². The highest BCUT2D eigenvalue weighted by molar-refractivity contribution is 5.71. The molecular weight excluding hydrogens is 248 g/mol. The van der Waals surface area contributed by atoms with Crippen LogP contribution in [0.1, 0.15) is 11.1 Å². The number of anilines is 1. The van der Waals surface area contributed by atoms with Crippen molar-refractivity contribution in [2.75, 3.05) is 18.9 Å². The fourth-order valence-electron chi connectivity index (χ4n) is 1.72. The maximum Gasteiger partial charge on any atom is 0.211 e. The van der Waals surface area contributed by atoms with Crippen LogP contribution in [0.25, 0.3) is 0 Å². The summed E-state index contributed by atoms with van der Waals surface area (Å²) in [5, 5.41) is 5.68. The summed E-state index contributed by atoms with van der Waals surface area (Å²) in [6.45, 7) is 3.04. The molecule has 0 radical (unpaired) electrons. The first-order chi connectivity index (χ1) is 9.76. The highest BCUT2D eigenvalue weighted by atomic mass is 16.1. The standard InChI is InChI=1S/C9H13N.C8H9NO/c1-10-8-7-9-5-3-2-4-6-9;1-7-3-2-4-8(5-7)9-6-10/h2-6,10H,7-8H2,1H3;2-6H,1H3,(H,9,10). The number of benzene rings is 2. The first-order valence-electron chi connectivity index (χ1n) is 6.71. The summed E-state index contributed by atoms with van der Waals surface area (Å²) in [7, 11) is 1.98. The SMILES string of the molecule is CNCCc1ccccc1.Cc1cccc(NC=O)c1. The minimum absolute atomic E-state index is 0.675. The summed E-state index contributed by atoms with van der Waals surface area (Å²) < 4.78 is 0. The molecular formula is C17H22N2O. The van der Waals surface area contributed by atoms with Gasteiger partial charge in [0.05, 0.1) is 0 Å². The van der Waals surface area contributed by atoms with Crippen LogP contribution in [0, 0.1) is 6.92 Å². The Morgan fingerprint density at radius 3 is 2.40 bits per heavy atom. The number of carbonyl (C=O) groups excluding carboxylic acids is 1. The molecule has 0 unspecified atom stereocenters. The molecule has 0 spiro atoms. The van der Waals surface area contributed by atoms with Crippen molar-refractivity contribution in [3.05, 3.63) is 65.7 Å². The molecule has 2 aromatic carbocycles. The van der Waals surface area contributed by atoms with Crippen LogP contribution in [0.5, 0.6) is 0 Å². The van der Waals surface area contributed by atoms with E-state index >= 15 is 0 Å². The van der Waals surface area contributed by atoms with E-state index in [0.717, 1.165) is 24.2 Å². The topological polar surface area (TPSA) is 41.1 Å². The van der Waals surface area contributed by atoms with Crippen LogP contribution >= 0.6 is 0 Å². The highest BCUT2D eigenvalue weighted by Crippen LogP contribution is 2.07. The lowest BCUT2D eigenvalue weighted by Gasteiger charge is -1.97. The fourth-order valence-corrected chi connectivity index (χ4v) is 1.72. The second-order valence-electron chi connectivity index (χ2n) is 4.47. The smallest absolute Gasteiger partial charge is 0.211 e. The van der Waals surface area contributed by atoms with Crippen LogP contribution in [0.4, 0.5) is 5.69 Å². The lowest BCUT2D eigenvalue weighted by Crippen LogP contribution is -2.09. The minimum atomic E-state index is 0.675. The third-order valence-corrected chi connectivity index (χ3v) is 2.75. The summed E-state index contributed by atoms with van der Waals surface area (Å²) in [6.07, 6.45) is 1.80. The monoisotopic (exact) mass is 270 g/mol. The molecule has 1 amide bonds. The molecule has 3 nitrogen and oxygen atoms in total. The van der Waals surface area contributed by atoms with E-state index in [4.69, 9.17) is 0 Å². The molecule has 0 aliphatic carbocycles. The lowest BCUT2D eigenvalue weighted by atomic mass is 10.2. The average molecular weight is 270 g/mol. The summed E-state index contributed by atoms with van der Waals surface area (Å²) in [5.74, 6) is 0. The van der Waals surface area contributed by atoms with Crippen LogP contribution in [-0.4, -0.2) is 20.0 Å². The molecule has 0 aromatic heterocycles. The number of aryl methyl sites for hydroxylation is 1. The van der Waals surface area contributed by atoms with Gasteiger partial charge in [0, 0.05) is 5.69 Å². The summed E-state index contributed by atoms with van der Waals surface area (Å²) in [4.78, 5) is 9.97. The summed E-state index contributed by atoms with van der Waals surface area (Å²) >= 11 is 0. The highest BCUT2D eigenvalue weighted by Gasteiger charge is 1.87. The van der Waals surface area contributed by atoms with Gasteiger partial charge in [0.25, 0.3) is 0 Å². The number of carbonyl (C=O) groups is 1. The van der Waals surface area contributed by atoms with E-state index in [9.17, 15) is 4.79 Å². The van der Waals surface area contributed by atoms with Crippen molar-refractivity contribution in [3.63, 3.8) is 0 Å². The van der Waals surface area contributed by atoms with E-state index in [1.165, 1.54) is 5.56 Å². The molecule has 2 N–H and O–H groups in total. The molecule has 106 valence electrons. The second kappa shape index (κ2) is 9.75. The third-order valence-electron chi connectivity index (χ3n) is 2.75. The van der Waals surface area contributed by atoms with Gasteiger partial charge < -0.3 is 10.6 Å². The molecule has 2 rings (SSSR count). The predicted octanol–water partition coefficient (Wildman–Crippen LogP) is 3.01. The van der Waals surface area contributed by atoms with Crippen molar-refractivity contribution in [2.24, 2.45) is 0 Å². The largest absolute Gasteiger partial charge is 0.329 e. The normalized spacial score (nSPS) is 9.30. The Morgan fingerprint density at radius 1 is 1.05 bits per heavy atom. The third kappa shape index (κ3) is 6.71. The zero-order chi connectivity index (χ0) is 14.6. The maximum atomic E-state index is 9.97.